The summed E-state index contributed by atoms with van der Waals surface area (Å²) in [6.45, 7) is 3.85. The highest BCUT2D eigenvalue weighted by atomic mass is 35.5. The van der Waals surface area contributed by atoms with Gasteiger partial charge < -0.3 is 0 Å². The number of carbonyl (C=O) groups is 2. The fourth-order valence-corrected chi connectivity index (χ4v) is 3.24. The van der Waals surface area contributed by atoms with Gasteiger partial charge in [0.05, 0.1) is 11.6 Å². The van der Waals surface area contributed by atoms with Crippen molar-refractivity contribution in [3.63, 3.8) is 0 Å². The van der Waals surface area contributed by atoms with E-state index in [1.54, 1.807) is 18.2 Å². The number of hydrogen-bond acceptors (Lipinski definition) is 2. The Labute approximate surface area is 140 Å². The van der Waals surface area contributed by atoms with E-state index in [0.29, 0.717) is 17.1 Å². The first-order chi connectivity index (χ1) is 11.0. The number of anilines is 1. The summed E-state index contributed by atoms with van der Waals surface area (Å²) < 4.78 is 0. The van der Waals surface area contributed by atoms with Crippen molar-refractivity contribution in [2.24, 2.45) is 5.92 Å². The number of carbonyl (C=O) groups excluding carboxylic acids is 2. The fourth-order valence-electron chi connectivity index (χ4n) is 3.07. The Bertz CT molecular complexity index is 785. The Kier molecular flexibility index (Phi) is 4.22. The molecule has 118 valence electrons. The zero-order valence-electron chi connectivity index (χ0n) is 13.2. The maximum Gasteiger partial charge on any atom is 0.237 e. The summed E-state index contributed by atoms with van der Waals surface area (Å²) in [5.74, 6) is -0.595. The van der Waals surface area contributed by atoms with Gasteiger partial charge in [-0.2, -0.15) is 0 Å². The van der Waals surface area contributed by atoms with Crippen LogP contribution in [0.1, 0.15) is 23.1 Å². The molecule has 1 fully saturated rings. The largest absolute Gasteiger partial charge is 0.274 e. The van der Waals surface area contributed by atoms with Crippen LogP contribution < -0.4 is 4.90 Å². The van der Waals surface area contributed by atoms with E-state index in [2.05, 4.69) is 6.07 Å². The van der Waals surface area contributed by atoms with Crippen molar-refractivity contribution >= 4 is 29.1 Å². The zero-order valence-corrected chi connectivity index (χ0v) is 13.9. The van der Waals surface area contributed by atoms with Gasteiger partial charge in [-0.15, -0.1) is 0 Å². The molecule has 1 atom stereocenters. The lowest BCUT2D eigenvalue weighted by Gasteiger charge is -2.18. The van der Waals surface area contributed by atoms with Crippen LogP contribution in [-0.2, 0) is 16.0 Å². The maximum atomic E-state index is 12.7. The number of amides is 2. The van der Waals surface area contributed by atoms with Crippen molar-refractivity contribution < 1.29 is 9.59 Å². The van der Waals surface area contributed by atoms with E-state index < -0.39 is 0 Å². The molecule has 2 amide bonds. The lowest BCUT2D eigenvalue weighted by atomic mass is 9.97. The SMILES string of the molecule is Cc1cccc(C[C@H]2CC(=O)N(c3cccc(Cl)c3C)C2=O)c1. The third-order valence-corrected chi connectivity index (χ3v) is 4.69. The molecule has 0 spiro atoms. The van der Waals surface area contributed by atoms with Crippen LogP contribution in [0, 0.1) is 19.8 Å². The summed E-state index contributed by atoms with van der Waals surface area (Å²) in [5, 5.41) is 0.560. The minimum Gasteiger partial charge on any atom is -0.274 e. The summed E-state index contributed by atoms with van der Waals surface area (Å²) in [6.07, 6.45) is 0.834. The van der Waals surface area contributed by atoms with Crippen molar-refractivity contribution in [1.29, 1.82) is 0 Å². The molecule has 2 aromatic rings. The maximum absolute atomic E-state index is 12.7. The van der Waals surface area contributed by atoms with Crippen molar-refractivity contribution in [2.75, 3.05) is 4.90 Å². The third kappa shape index (κ3) is 3.02. The summed E-state index contributed by atoms with van der Waals surface area (Å²) >= 11 is 6.12. The standard InChI is InChI=1S/C19H18ClNO2/c1-12-5-3-6-14(9-12)10-15-11-18(22)21(19(15)23)17-8-4-7-16(20)13(17)2/h3-9,15H,10-11H2,1-2H3/t15-/m0/s1. The van der Waals surface area contributed by atoms with Crippen molar-refractivity contribution in [1.82, 2.24) is 0 Å². The van der Waals surface area contributed by atoms with E-state index in [1.807, 2.05) is 32.0 Å². The monoisotopic (exact) mass is 327 g/mol. The molecule has 23 heavy (non-hydrogen) atoms. The minimum atomic E-state index is -0.303. The second-order valence-corrected chi connectivity index (χ2v) is 6.45. The summed E-state index contributed by atoms with van der Waals surface area (Å²) in [7, 11) is 0. The molecular formula is C19H18ClNO2. The van der Waals surface area contributed by atoms with Crippen LogP contribution in [0.5, 0.6) is 0 Å². The van der Waals surface area contributed by atoms with Crippen LogP contribution >= 0.6 is 11.6 Å². The number of rotatable bonds is 3. The van der Waals surface area contributed by atoms with Gasteiger partial charge in [0.1, 0.15) is 0 Å². The Hall–Kier alpha value is -2.13. The van der Waals surface area contributed by atoms with Crippen LogP contribution in [0.25, 0.3) is 0 Å². The van der Waals surface area contributed by atoms with E-state index in [4.69, 9.17) is 11.6 Å². The Morgan fingerprint density at radius 1 is 1.13 bits per heavy atom. The molecule has 0 N–H and O–H groups in total. The molecule has 0 aromatic heterocycles. The number of benzene rings is 2. The number of nitrogens with zero attached hydrogens (tertiary/aromatic N) is 1. The lowest BCUT2D eigenvalue weighted by Crippen LogP contribution is -2.31. The molecule has 1 heterocycles. The van der Waals surface area contributed by atoms with Gasteiger partial charge in [-0.1, -0.05) is 47.5 Å². The number of hydrogen-bond donors (Lipinski definition) is 0. The Morgan fingerprint density at radius 2 is 1.87 bits per heavy atom. The predicted molar refractivity (Wildman–Crippen MR) is 91.7 cm³/mol. The molecule has 0 bridgehead atoms. The molecule has 0 unspecified atom stereocenters. The van der Waals surface area contributed by atoms with Crippen molar-refractivity contribution in [2.45, 2.75) is 26.7 Å². The average molecular weight is 328 g/mol. The second kappa shape index (κ2) is 6.17. The molecular weight excluding hydrogens is 310 g/mol. The topological polar surface area (TPSA) is 37.4 Å². The van der Waals surface area contributed by atoms with Gasteiger partial charge in [0, 0.05) is 11.4 Å². The van der Waals surface area contributed by atoms with E-state index in [-0.39, 0.29) is 24.2 Å². The van der Waals surface area contributed by atoms with Gasteiger partial charge in [0.25, 0.3) is 0 Å². The highest BCUT2D eigenvalue weighted by Crippen LogP contribution is 2.33. The van der Waals surface area contributed by atoms with Crippen molar-refractivity contribution in [3.8, 4) is 0 Å². The molecule has 4 heteroatoms. The van der Waals surface area contributed by atoms with Gasteiger partial charge in [-0.3, -0.25) is 9.59 Å². The van der Waals surface area contributed by atoms with E-state index >= 15 is 0 Å². The molecule has 1 aliphatic rings. The van der Waals surface area contributed by atoms with Gasteiger partial charge in [0.15, 0.2) is 0 Å². The average Bonchev–Trinajstić information content (AvgIpc) is 2.77. The smallest absolute Gasteiger partial charge is 0.237 e. The predicted octanol–water partition coefficient (Wildman–Crippen LogP) is 4.08. The number of halogens is 1. The molecule has 3 nitrogen and oxygen atoms in total. The van der Waals surface area contributed by atoms with E-state index in [1.165, 1.54) is 4.90 Å². The van der Waals surface area contributed by atoms with Crippen LogP contribution in [-0.4, -0.2) is 11.8 Å². The zero-order chi connectivity index (χ0) is 16.6. The van der Waals surface area contributed by atoms with Gasteiger partial charge in [0.2, 0.25) is 11.8 Å². The molecule has 0 aliphatic carbocycles. The Morgan fingerprint density at radius 3 is 2.61 bits per heavy atom. The highest BCUT2D eigenvalue weighted by Gasteiger charge is 2.40. The first-order valence-electron chi connectivity index (χ1n) is 7.65. The normalized spacial score (nSPS) is 17.9. The molecule has 2 aromatic carbocycles. The lowest BCUT2D eigenvalue weighted by molar-refractivity contribution is -0.122. The van der Waals surface area contributed by atoms with Crippen LogP contribution in [0.15, 0.2) is 42.5 Å². The number of aryl methyl sites for hydroxylation is 1. The minimum absolute atomic E-state index is 0.137. The van der Waals surface area contributed by atoms with Crippen LogP contribution in [0.3, 0.4) is 0 Å². The highest BCUT2D eigenvalue weighted by molar-refractivity contribution is 6.32. The molecule has 0 radical (unpaired) electrons. The second-order valence-electron chi connectivity index (χ2n) is 6.05. The van der Waals surface area contributed by atoms with Gasteiger partial charge in [-0.25, -0.2) is 4.90 Å². The first-order valence-corrected chi connectivity index (χ1v) is 8.02. The molecule has 1 saturated heterocycles. The fraction of sp³-hybridized carbons (Fsp3) is 0.263. The Balaban J connectivity index is 1.87. The van der Waals surface area contributed by atoms with Crippen molar-refractivity contribution in [3.05, 3.63) is 64.2 Å². The quantitative estimate of drug-likeness (QED) is 0.797. The van der Waals surface area contributed by atoms with Crippen LogP contribution in [0.4, 0.5) is 5.69 Å². The van der Waals surface area contributed by atoms with E-state index in [9.17, 15) is 9.59 Å². The van der Waals surface area contributed by atoms with Gasteiger partial charge in [-0.05, 0) is 43.5 Å². The van der Waals surface area contributed by atoms with Crippen LogP contribution in [0.2, 0.25) is 5.02 Å². The third-order valence-electron chi connectivity index (χ3n) is 4.28. The van der Waals surface area contributed by atoms with Gasteiger partial charge >= 0.3 is 0 Å². The number of imide groups is 1. The molecule has 3 rings (SSSR count). The molecule has 0 saturated carbocycles. The van der Waals surface area contributed by atoms with E-state index in [0.717, 1.165) is 16.7 Å². The summed E-state index contributed by atoms with van der Waals surface area (Å²) in [5.41, 5.74) is 3.59. The first kappa shape index (κ1) is 15.8. The summed E-state index contributed by atoms with van der Waals surface area (Å²) in [4.78, 5) is 26.4. The summed E-state index contributed by atoms with van der Waals surface area (Å²) in [6, 6.07) is 13.3. The molecule has 1 aliphatic heterocycles.